The van der Waals surface area contributed by atoms with Gasteiger partial charge in [-0.2, -0.15) is 0 Å². The molecule has 0 saturated heterocycles. The topological polar surface area (TPSA) is 34.9 Å². The largest absolute Gasteiger partial charge is 0.331 e. The van der Waals surface area contributed by atoms with Crippen LogP contribution in [0.5, 0.6) is 0 Å². The van der Waals surface area contributed by atoms with Gasteiger partial charge in [-0.1, -0.05) is 15.9 Å². The van der Waals surface area contributed by atoms with Gasteiger partial charge in [0, 0.05) is 12.1 Å². The van der Waals surface area contributed by atoms with Gasteiger partial charge in [0.05, 0.1) is 22.7 Å². The standard InChI is InChI=1S/C11H11BrN2O/c1-2-14-7-13-9-4-3-8(5-10(9)14)11(15)6-12/h3-5,7H,2,6H2,1H3. The lowest BCUT2D eigenvalue weighted by Gasteiger charge is -2.01. The van der Waals surface area contributed by atoms with Gasteiger partial charge < -0.3 is 4.57 Å². The first-order chi connectivity index (χ1) is 7.26. The van der Waals surface area contributed by atoms with Gasteiger partial charge in [-0.25, -0.2) is 4.98 Å². The third-order valence-electron chi connectivity index (χ3n) is 2.41. The highest BCUT2D eigenvalue weighted by atomic mass is 79.9. The molecule has 0 fully saturated rings. The van der Waals surface area contributed by atoms with E-state index in [1.807, 2.05) is 22.8 Å². The molecule has 15 heavy (non-hydrogen) atoms. The summed E-state index contributed by atoms with van der Waals surface area (Å²) < 4.78 is 2.03. The van der Waals surface area contributed by atoms with Crippen LogP contribution in [0.25, 0.3) is 11.0 Å². The molecular formula is C11H11BrN2O. The van der Waals surface area contributed by atoms with E-state index in [0.29, 0.717) is 5.33 Å². The third kappa shape index (κ3) is 1.81. The molecule has 0 aliphatic rings. The fourth-order valence-electron chi connectivity index (χ4n) is 1.56. The van der Waals surface area contributed by atoms with Crippen molar-refractivity contribution in [3.63, 3.8) is 0 Å². The second-order valence-corrected chi connectivity index (χ2v) is 3.85. The smallest absolute Gasteiger partial charge is 0.173 e. The first-order valence-corrected chi connectivity index (χ1v) is 5.92. The Kier molecular flexibility index (Phi) is 2.86. The number of hydrogen-bond acceptors (Lipinski definition) is 2. The molecule has 1 heterocycles. The number of ketones is 1. The summed E-state index contributed by atoms with van der Waals surface area (Å²) in [7, 11) is 0. The zero-order chi connectivity index (χ0) is 10.8. The number of hydrogen-bond donors (Lipinski definition) is 0. The molecule has 0 spiro atoms. The Labute approximate surface area is 96.2 Å². The van der Waals surface area contributed by atoms with Crippen LogP contribution in [0.4, 0.5) is 0 Å². The maximum Gasteiger partial charge on any atom is 0.173 e. The van der Waals surface area contributed by atoms with Crippen molar-refractivity contribution in [2.24, 2.45) is 0 Å². The van der Waals surface area contributed by atoms with Crippen LogP contribution in [0.1, 0.15) is 17.3 Å². The number of aryl methyl sites for hydroxylation is 1. The number of nitrogens with zero attached hydrogens (tertiary/aromatic N) is 2. The van der Waals surface area contributed by atoms with Gasteiger partial charge in [-0.3, -0.25) is 4.79 Å². The molecule has 4 heteroatoms. The van der Waals surface area contributed by atoms with E-state index in [2.05, 4.69) is 27.8 Å². The second kappa shape index (κ2) is 4.14. The molecule has 0 atom stereocenters. The summed E-state index contributed by atoms with van der Waals surface area (Å²) in [6.07, 6.45) is 1.80. The molecule has 2 rings (SSSR count). The maximum absolute atomic E-state index is 11.5. The monoisotopic (exact) mass is 266 g/mol. The zero-order valence-corrected chi connectivity index (χ0v) is 9.99. The average Bonchev–Trinajstić information content (AvgIpc) is 2.69. The molecule has 2 aromatic rings. The number of fused-ring (bicyclic) bond motifs is 1. The molecule has 1 aromatic carbocycles. The van der Waals surface area contributed by atoms with E-state index in [1.54, 1.807) is 6.33 Å². The second-order valence-electron chi connectivity index (χ2n) is 3.29. The summed E-state index contributed by atoms with van der Waals surface area (Å²) in [6, 6.07) is 5.60. The molecule has 1 aromatic heterocycles. The maximum atomic E-state index is 11.5. The van der Waals surface area contributed by atoms with Crippen LogP contribution in [0.15, 0.2) is 24.5 Å². The van der Waals surface area contributed by atoms with E-state index >= 15 is 0 Å². The summed E-state index contributed by atoms with van der Waals surface area (Å²) in [5.74, 6) is 0.0979. The number of alkyl halides is 1. The predicted octanol–water partition coefficient (Wildman–Crippen LogP) is 2.63. The Morgan fingerprint density at radius 2 is 2.33 bits per heavy atom. The minimum absolute atomic E-state index is 0.0979. The van der Waals surface area contributed by atoms with Gasteiger partial charge >= 0.3 is 0 Å². The summed E-state index contributed by atoms with van der Waals surface area (Å²) in [5.41, 5.74) is 2.68. The molecule has 0 radical (unpaired) electrons. The molecule has 0 saturated carbocycles. The molecule has 0 amide bonds. The van der Waals surface area contributed by atoms with Crippen molar-refractivity contribution in [3.05, 3.63) is 30.1 Å². The van der Waals surface area contributed by atoms with E-state index in [1.165, 1.54) is 0 Å². The van der Waals surface area contributed by atoms with Crippen molar-refractivity contribution in [1.82, 2.24) is 9.55 Å². The van der Waals surface area contributed by atoms with E-state index < -0.39 is 0 Å². The van der Waals surface area contributed by atoms with Gasteiger partial charge in [-0.05, 0) is 25.1 Å². The van der Waals surface area contributed by atoms with Crippen LogP contribution in [0.2, 0.25) is 0 Å². The third-order valence-corrected chi connectivity index (χ3v) is 2.91. The minimum atomic E-state index is 0.0979. The van der Waals surface area contributed by atoms with Crippen LogP contribution >= 0.6 is 15.9 Å². The molecule has 0 unspecified atom stereocenters. The van der Waals surface area contributed by atoms with E-state index in [-0.39, 0.29) is 5.78 Å². The highest BCUT2D eigenvalue weighted by Crippen LogP contribution is 2.15. The van der Waals surface area contributed by atoms with Crippen LogP contribution in [0.3, 0.4) is 0 Å². The molecule has 0 aliphatic heterocycles. The summed E-state index contributed by atoms with van der Waals surface area (Å²) in [4.78, 5) is 15.8. The zero-order valence-electron chi connectivity index (χ0n) is 8.40. The summed E-state index contributed by atoms with van der Waals surface area (Å²) in [5, 5.41) is 0.360. The number of aromatic nitrogens is 2. The number of Topliss-reactive ketones (excluding diaryl/α,β-unsaturated/α-hetero) is 1. The Morgan fingerprint density at radius 3 is 3.00 bits per heavy atom. The molecule has 0 N–H and O–H groups in total. The molecule has 78 valence electrons. The Balaban J connectivity index is 2.57. The van der Waals surface area contributed by atoms with Crippen LogP contribution in [-0.2, 0) is 6.54 Å². The Hall–Kier alpha value is -1.16. The molecule has 0 bridgehead atoms. The molecule has 3 nitrogen and oxygen atoms in total. The number of carbonyl (C=O) groups excluding carboxylic acids is 1. The van der Waals surface area contributed by atoms with E-state index in [9.17, 15) is 4.79 Å². The molecular weight excluding hydrogens is 256 g/mol. The van der Waals surface area contributed by atoms with Crippen molar-refractivity contribution < 1.29 is 4.79 Å². The van der Waals surface area contributed by atoms with Crippen molar-refractivity contribution in [1.29, 1.82) is 0 Å². The van der Waals surface area contributed by atoms with Crippen LogP contribution < -0.4 is 0 Å². The lowest BCUT2D eigenvalue weighted by Crippen LogP contribution is -2.00. The lowest BCUT2D eigenvalue weighted by molar-refractivity contribution is 0.102. The van der Waals surface area contributed by atoms with E-state index in [4.69, 9.17) is 0 Å². The van der Waals surface area contributed by atoms with Gasteiger partial charge in [-0.15, -0.1) is 0 Å². The van der Waals surface area contributed by atoms with Crippen molar-refractivity contribution in [2.45, 2.75) is 13.5 Å². The summed E-state index contributed by atoms with van der Waals surface area (Å²) >= 11 is 3.17. The Bertz CT molecular complexity index is 504. The number of benzene rings is 1. The number of carbonyl (C=O) groups is 1. The predicted molar refractivity (Wildman–Crippen MR) is 63.5 cm³/mol. The normalized spacial score (nSPS) is 10.8. The van der Waals surface area contributed by atoms with Gasteiger partial charge in [0.2, 0.25) is 0 Å². The lowest BCUT2D eigenvalue weighted by atomic mass is 10.1. The SMILES string of the molecule is CCn1cnc2ccc(C(=O)CBr)cc21. The number of halogens is 1. The highest BCUT2D eigenvalue weighted by Gasteiger charge is 2.07. The minimum Gasteiger partial charge on any atom is -0.331 e. The molecule has 0 aliphatic carbocycles. The highest BCUT2D eigenvalue weighted by molar-refractivity contribution is 9.09. The van der Waals surface area contributed by atoms with Crippen LogP contribution in [0, 0.1) is 0 Å². The quantitative estimate of drug-likeness (QED) is 0.633. The van der Waals surface area contributed by atoms with Crippen LogP contribution in [-0.4, -0.2) is 20.7 Å². The van der Waals surface area contributed by atoms with E-state index in [0.717, 1.165) is 23.1 Å². The fraction of sp³-hybridized carbons (Fsp3) is 0.273. The van der Waals surface area contributed by atoms with Gasteiger partial charge in [0.15, 0.2) is 5.78 Å². The first kappa shape index (κ1) is 10.4. The van der Waals surface area contributed by atoms with Gasteiger partial charge in [0.1, 0.15) is 0 Å². The van der Waals surface area contributed by atoms with Crippen molar-refractivity contribution >= 4 is 32.7 Å². The van der Waals surface area contributed by atoms with Gasteiger partial charge in [0.25, 0.3) is 0 Å². The van der Waals surface area contributed by atoms with Crippen molar-refractivity contribution in [2.75, 3.05) is 5.33 Å². The number of rotatable bonds is 3. The average molecular weight is 267 g/mol. The van der Waals surface area contributed by atoms with Crippen molar-refractivity contribution in [3.8, 4) is 0 Å². The first-order valence-electron chi connectivity index (χ1n) is 4.80. The Morgan fingerprint density at radius 1 is 1.53 bits per heavy atom. The summed E-state index contributed by atoms with van der Waals surface area (Å²) in [6.45, 7) is 2.92. The number of imidazole rings is 1. The fourth-order valence-corrected chi connectivity index (χ4v) is 1.88.